The van der Waals surface area contributed by atoms with E-state index in [9.17, 15) is 0 Å². The van der Waals surface area contributed by atoms with Crippen LogP contribution in [0.3, 0.4) is 0 Å². The van der Waals surface area contributed by atoms with Crippen molar-refractivity contribution in [1.29, 1.82) is 0 Å². The first-order chi connectivity index (χ1) is 3.93. The van der Waals surface area contributed by atoms with Gasteiger partial charge in [0.05, 0.1) is 0 Å². The molecule has 1 aromatic rings. The van der Waals surface area contributed by atoms with Crippen LogP contribution in [0.1, 0.15) is 5.56 Å². The summed E-state index contributed by atoms with van der Waals surface area (Å²) in [7, 11) is 0. The van der Waals surface area contributed by atoms with Crippen LogP contribution >= 0.6 is 0 Å². The molecule has 9 heavy (non-hydrogen) atoms. The molecule has 0 N–H and O–H groups in total. The van der Waals surface area contributed by atoms with Gasteiger partial charge in [0.2, 0.25) is 0 Å². The zero-order valence-corrected chi connectivity index (χ0v) is 6.04. The summed E-state index contributed by atoms with van der Waals surface area (Å²) in [5, 5.41) is 0. The minimum atomic E-state index is 0. The van der Waals surface area contributed by atoms with E-state index in [2.05, 4.69) is 19.1 Å². The molecule has 0 atom stereocenters. The van der Waals surface area contributed by atoms with Gasteiger partial charge in [-0.05, 0) is 18.9 Å². The average molecular weight is 169 g/mol. The van der Waals surface area contributed by atoms with Gasteiger partial charge >= 0.3 is 0 Å². The predicted molar refractivity (Wildman–Crippen MR) is 35.5 cm³/mol. The molecule has 0 saturated carbocycles. The molecule has 0 amide bonds. The molecule has 1 rings (SSSR count). The van der Waals surface area contributed by atoms with Gasteiger partial charge in [-0.2, -0.15) is 0 Å². The number of benzene rings is 1. The fraction of sp³-hybridized carbons (Fsp3) is 0.125. The summed E-state index contributed by atoms with van der Waals surface area (Å²) in [5.74, 6) is 0. The van der Waals surface area contributed by atoms with Crippen LogP contribution in [0.2, 0.25) is 0 Å². The third kappa shape index (κ3) is 2.69. The third-order valence-electron chi connectivity index (χ3n) is 1.13. The van der Waals surface area contributed by atoms with Crippen LogP contribution in [0.4, 0.5) is 0 Å². The van der Waals surface area contributed by atoms with Crippen molar-refractivity contribution in [3.8, 4) is 0 Å². The fourth-order valence-corrected chi connectivity index (χ4v) is 0.645. The van der Waals surface area contributed by atoms with Crippen molar-refractivity contribution in [2.24, 2.45) is 0 Å². The molecule has 2 radical (unpaired) electrons. The number of hydrogen-bond donors (Lipinski definition) is 0. The van der Waals surface area contributed by atoms with Gasteiger partial charge in [0.15, 0.2) is 0 Å². The average Bonchev–Trinajstić information content (AvgIpc) is 1.90. The summed E-state index contributed by atoms with van der Waals surface area (Å²) in [6, 6.07) is 10.2. The standard InChI is InChI=1S/C8H9.Cu/c1-2-8-6-4-3-5-7-8;/h3-7H,1-2H2;. The second-order valence-corrected chi connectivity index (χ2v) is 1.74. The molecule has 0 nitrogen and oxygen atoms in total. The third-order valence-corrected chi connectivity index (χ3v) is 1.13. The van der Waals surface area contributed by atoms with E-state index in [-0.39, 0.29) is 17.1 Å². The molecule has 0 aliphatic rings. The van der Waals surface area contributed by atoms with Crippen molar-refractivity contribution in [2.45, 2.75) is 6.42 Å². The summed E-state index contributed by atoms with van der Waals surface area (Å²) in [6.07, 6.45) is 0.890. The summed E-state index contributed by atoms with van der Waals surface area (Å²) < 4.78 is 0. The molecule has 0 aromatic heterocycles. The van der Waals surface area contributed by atoms with E-state index in [1.54, 1.807) is 0 Å². The SMILES string of the molecule is [CH2]Cc1ccccc1.[Cu]. The van der Waals surface area contributed by atoms with E-state index >= 15 is 0 Å². The molecule has 0 spiro atoms. The van der Waals surface area contributed by atoms with E-state index in [1.165, 1.54) is 5.56 Å². The van der Waals surface area contributed by atoms with Crippen LogP contribution in [-0.2, 0) is 23.5 Å². The van der Waals surface area contributed by atoms with Crippen LogP contribution in [-0.4, -0.2) is 0 Å². The Labute approximate surface area is 66.8 Å². The Morgan fingerprint density at radius 2 is 1.67 bits per heavy atom. The van der Waals surface area contributed by atoms with E-state index in [4.69, 9.17) is 0 Å². The van der Waals surface area contributed by atoms with Gasteiger partial charge in [0, 0.05) is 17.1 Å². The molecule has 0 fully saturated rings. The fourth-order valence-electron chi connectivity index (χ4n) is 0.645. The van der Waals surface area contributed by atoms with Gasteiger partial charge in [-0.3, -0.25) is 0 Å². The Hall–Kier alpha value is -0.261. The quantitative estimate of drug-likeness (QED) is 0.564. The normalized spacial score (nSPS) is 8.11. The van der Waals surface area contributed by atoms with Crippen LogP contribution in [0.5, 0.6) is 0 Å². The zero-order valence-electron chi connectivity index (χ0n) is 5.10. The summed E-state index contributed by atoms with van der Waals surface area (Å²) >= 11 is 0. The molecule has 0 heterocycles. The van der Waals surface area contributed by atoms with Crippen molar-refractivity contribution in [2.75, 3.05) is 0 Å². The maximum absolute atomic E-state index is 3.76. The van der Waals surface area contributed by atoms with Gasteiger partial charge in [-0.25, -0.2) is 0 Å². The molecule has 0 aliphatic carbocycles. The summed E-state index contributed by atoms with van der Waals surface area (Å²) in [6.45, 7) is 3.76. The van der Waals surface area contributed by atoms with Crippen molar-refractivity contribution in [3.05, 3.63) is 42.8 Å². The first-order valence-corrected chi connectivity index (χ1v) is 2.76. The van der Waals surface area contributed by atoms with Gasteiger partial charge in [0.1, 0.15) is 0 Å². The van der Waals surface area contributed by atoms with Crippen LogP contribution in [0.15, 0.2) is 30.3 Å². The van der Waals surface area contributed by atoms with Gasteiger partial charge in [-0.1, -0.05) is 30.3 Å². The Kier molecular flexibility index (Phi) is 4.47. The maximum Gasteiger partial charge on any atom is 0 e. The monoisotopic (exact) mass is 168 g/mol. The molecule has 0 saturated heterocycles. The van der Waals surface area contributed by atoms with E-state index in [0.717, 1.165) is 6.42 Å². The first-order valence-electron chi connectivity index (χ1n) is 2.76. The van der Waals surface area contributed by atoms with Gasteiger partial charge in [-0.15, -0.1) is 0 Å². The van der Waals surface area contributed by atoms with Crippen LogP contribution in [0.25, 0.3) is 0 Å². The Balaban J connectivity index is 0.000000640. The molecular formula is C8H9Cu. The Morgan fingerprint density at radius 1 is 1.11 bits per heavy atom. The molecule has 0 unspecified atom stereocenters. The molecule has 0 aliphatic heterocycles. The maximum atomic E-state index is 3.76. The number of hydrogen-bond acceptors (Lipinski definition) is 0. The summed E-state index contributed by atoms with van der Waals surface area (Å²) in [5.41, 5.74) is 1.30. The minimum absolute atomic E-state index is 0. The minimum Gasteiger partial charge on any atom is -0.0622 e. The Morgan fingerprint density at radius 3 is 2.00 bits per heavy atom. The predicted octanol–water partition coefficient (Wildman–Crippen LogP) is 2.06. The first kappa shape index (κ1) is 8.74. The van der Waals surface area contributed by atoms with Crippen LogP contribution in [0, 0.1) is 6.92 Å². The van der Waals surface area contributed by atoms with Crippen molar-refractivity contribution in [1.82, 2.24) is 0 Å². The molecule has 1 heteroatoms. The number of rotatable bonds is 1. The van der Waals surface area contributed by atoms with Crippen LogP contribution < -0.4 is 0 Å². The second-order valence-electron chi connectivity index (χ2n) is 1.74. The van der Waals surface area contributed by atoms with Crippen molar-refractivity contribution >= 4 is 0 Å². The molecule has 0 bridgehead atoms. The Bertz CT molecular complexity index is 146. The van der Waals surface area contributed by atoms with Gasteiger partial charge < -0.3 is 0 Å². The molecule has 1 aromatic carbocycles. The molecule has 52 valence electrons. The van der Waals surface area contributed by atoms with E-state index < -0.39 is 0 Å². The zero-order chi connectivity index (χ0) is 5.82. The molecular weight excluding hydrogens is 160 g/mol. The second kappa shape index (κ2) is 4.60. The van der Waals surface area contributed by atoms with Crippen molar-refractivity contribution < 1.29 is 17.1 Å². The smallest absolute Gasteiger partial charge is 0 e. The van der Waals surface area contributed by atoms with E-state index in [0.29, 0.717) is 0 Å². The van der Waals surface area contributed by atoms with Gasteiger partial charge in [0.25, 0.3) is 0 Å². The van der Waals surface area contributed by atoms with Crippen molar-refractivity contribution in [3.63, 3.8) is 0 Å². The van der Waals surface area contributed by atoms with E-state index in [1.807, 2.05) is 18.2 Å². The topological polar surface area (TPSA) is 0 Å². The summed E-state index contributed by atoms with van der Waals surface area (Å²) in [4.78, 5) is 0. The largest absolute Gasteiger partial charge is 0.0622 e.